The number of anilines is 1. The summed E-state index contributed by atoms with van der Waals surface area (Å²) in [5, 5.41) is 3.28. The lowest BCUT2D eigenvalue weighted by atomic mass is 9.86. The molecule has 0 fully saturated rings. The molecule has 2 aromatic carbocycles. The van der Waals surface area contributed by atoms with Crippen molar-refractivity contribution in [2.75, 3.05) is 11.9 Å². The molecular weight excluding hydrogens is 263 g/mol. The van der Waals surface area contributed by atoms with Crippen LogP contribution in [0.25, 0.3) is 0 Å². The summed E-state index contributed by atoms with van der Waals surface area (Å²) in [6.07, 6.45) is 0. The first kappa shape index (κ1) is 15.5. The average molecular weight is 286 g/mol. The minimum atomic E-state index is -0.251. The minimum Gasteiger partial charge on any atom is -0.377 e. The molecule has 0 spiro atoms. The summed E-state index contributed by atoms with van der Waals surface area (Å²) >= 11 is 0. The number of rotatable bonds is 4. The number of halogens is 1. The van der Waals surface area contributed by atoms with Crippen molar-refractivity contribution >= 4 is 5.69 Å². The topological polar surface area (TPSA) is 38.0 Å². The van der Waals surface area contributed by atoms with Gasteiger partial charge in [0.05, 0.1) is 6.04 Å². The molecule has 1 unspecified atom stereocenters. The van der Waals surface area contributed by atoms with Crippen molar-refractivity contribution < 1.29 is 4.39 Å². The number of nitrogens with two attached hydrogens (primary N) is 1. The van der Waals surface area contributed by atoms with Crippen LogP contribution in [0.1, 0.15) is 37.9 Å². The molecule has 0 aromatic heterocycles. The second-order valence-corrected chi connectivity index (χ2v) is 6.31. The molecule has 3 heteroatoms. The van der Waals surface area contributed by atoms with Gasteiger partial charge in [-0.2, -0.15) is 0 Å². The van der Waals surface area contributed by atoms with Crippen LogP contribution in [0.4, 0.5) is 10.1 Å². The first-order valence-electron chi connectivity index (χ1n) is 7.23. The zero-order chi connectivity index (χ0) is 15.5. The summed E-state index contributed by atoms with van der Waals surface area (Å²) in [7, 11) is 0. The van der Waals surface area contributed by atoms with E-state index in [1.54, 1.807) is 6.07 Å². The SMILES string of the molecule is CC(C)(C)c1ccc(C(CN)Nc2cccc(F)c2)cc1. The maximum atomic E-state index is 13.2. The van der Waals surface area contributed by atoms with Crippen molar-refractivity contribution in [3.05, 3.63) is 65.5 Å². The van der Waals surface area contributed by atoms with Crippen LogP contribution in [0.2, 0.25) is 0 Å². The van der Waals surface area contributed by atoms with Gasteiger partial charge in [-0.15, -0.1) is 0 Å². The Kier molecular flexibility index (Phi) is 4.63. The predicted molar refractivity (Wildman–Crippen MR) is 87.0 cm³/mol. The Bertz CT molecular complexity index is 585. The molecule has 0 aliphatic heterocycles. The van der Waals surface area contributed by atoms with Gasteiger partial charge in [-0.05, 0) is 34.7 Å². The van der Waals surface area contributed by atoms with Gasteiger partial charge in [0.2, 0.25) is 0 Å². The van der Waals surface area contributed by atoms with Gasteiger partial charge in [0, 0.05) is 12.2 Å². The van der Waals surface area contributed by atoms with E-state index in [0.29, 0.717) is 6.54 Å². The zero-order valence-corrected chi connectivity index (χ0v) is 12.9. The van der Waals surface area contributed by atoms with Crippen molar-refractivity contribution in [3.63, 3.8) is 0 Å². The van der Waals surface area contributed by atoms with E-state index in [-0.39, 0.29) is 17.3 Å². The Morgan fingerprint density at radius 2 is 1.76 bits per heavy atom. The molecule has 0 radical (unpaired) electrons. The van der Waals surface area contributed by atoms with Crippen LogP contribution in [-0.4, -0.2) is 6.54 Å². The Labute approximate surface area is 126 Å². The van der Waals surface area contributed by atoms with Crippen LogP contribution in [0.5, 0.6) is 0 Å². The van der Waals surface area contributed by atoms with Crippen LogP contribution in [0.3, 0.4) is 0 Å². The van der Waals surface area contributed by atoms with Crippen molar-refractivity contribution in [1.29, 1.82) is 0 Å². The van der Waals surface area contributed by atoms with E-state index in [1.165, 1.54) is 17.7 Å². The normalized spacial score (nSPS) is 13.0. The third kappa shape index (κ3) is 4.05. The second-order valence-electron chi connectivity index (χ2n) is 6.31. The van der Waals surface area contributed by atoms with Crippen LogP contribution in [-0.2, 0) is 5.41 Å². The summed E-state index contributed by atoms with van der Waals surface area (Å²) in [5.74, 6) is -0.251. The molecular formula is C18H23FN2. The van der Waals surface area contributed by atoms with Gasteiger partial charge < -0.3 is 11.1 Å². The first-order valence-corrected chi connectivity index (χ1v) is 7.23. The Morgan fingerprint density at radius 3 is 2.29 bits per heavy atom. The van der Waals surface area contributed by atoms with Gasteiger partial charge in [0.25, 0.3) is 0 Å². The molecule has 0 aliphatic carbocycles. The number of hydrogen-bond acceptors (Lipinski definition) is 2. The van der Waals surface area contributed by atoms with Gasteiger partial charge in [-0.1, -0.05) is 51.1 Å². The fourth-order valence-corrected chi connectivity index (χ4v) is 2.27. The first-order chi connectivity index (χ1) is 9.90. The molecule has 2 nitrogen and oxygen atoms in total. The van der Waals surface area contributed by atoms with Gasteiger partial charge in [0.1, 0.15) is 5.82 Å². The summed E-state index contributed by atoms with van der Waals surface area (Å²) in [6.45, 7) is 7.01. The Morgan fingerprint density at radius 1 is 1.10 bits per heavy atom. The van der Waals surface area contributed by atoms with E-state index in [1.807, 2.05) is 6.07 Å². The summed E-state index contributed by atoms with van der Waals surface area (Å²) in [5.41, 5.74) is 9.12. The molecule has 2 rings (SSSR count). The third-order valence-electron chi connectivity index (χ3n) is 3.58. The maximum absolute atomic E-state index is 13.2. The highest BCUT2D eigenvalue weighted by atomic mass is 19.1. The minimum absolute atomic E-state index is 0.0270. The number of benzene rings is 2. The largest absolute Gasteiger partial charge is 0.377 e. The van der Waals surface area contributed by atoms with Gasteiger partial charge in [-0.3, -0.25) is 0 Å². The third-order valence-corrected chi connectivity index (χ3v) is 3.58. The molecule has 21 heavy (non-hydrogen) atoms. The van der Waals surface area contributed by atoms with Crippen molar-refractivity contribution in [2.24, 2.45) is 5.73 Å². The molecule has 0 bridgehead atoms. The molecule has 0 aliphatic rings. The molecule has 0 saturated heterocycles. The molecule has 0 saturated carbocycles. The average Bonchev–Trinajstić information content (AvgIpc) is 2.44. The monoisotopic (exact) mass is 286 g/mol. The smallest absolute Gasteiger partial charge is 0.125 e. The fourth-order valence-electron chi connectivity index (χ4n) is 2.27. The van der Waals surface area contributed by atoms with E-state index in [0.717, 1.165) is 11.3 Å². The van der Waals surface area contributed by atoms with E-state index in [4.69, 9.17) is 5.73 Å². The Balaban J connectivity index is 2.18. The van der Waals surface area contributed by atoms with Gasteiger partial charge in [-0.25, -0.2) is 4.39 Å². The van der Waals surface area contributed by atoms with Crippen molar-refractivity contribution in [3.8, 4) is 0 Å². The van der Waals surface area contributed by atoms with Gasteiger partial charge in [0.15, 0.2) is 0 Å². The lowest BCUT2D eigenvalue weighted by Crippen LogP contribution is -2.21. The number of nitrogens with one attached hydrogen (secondary N) is 1. The number of hydrogen-bond donors (Lipinski definition) is 2. The standard InChI is InChI=1S/C18H23FN2/c1-18(2,3)14-9-7-13(8-10-14)17(12-20)21-16-6-4-5-15(19)11-16/h4-11,17,21H,12,20H2,1-3H3. The van der Waals surface area contributed by atoms with E-state index in [2.05, 4.69) is 50.4 Å². The highest BCUT2D eigenvalue weighted by Crippen LogP contribution is 2.25. The molecule has 0 heterocycles. The maximum Gasteiger partial charge on any atom is 0.125 e. The quantitative estimate of drug-likeness (QED) is 0.882. The molecule has 2 aromatic rings. The van der Waals surface area contributed by atoms with E-state index in [9.17, 15) is 4.39 Å². The molecule has 112 valence electrons. The summed E-state index contributed by atoms with van der Waals surface area (Å²) in [4.78, 5) is 0. The van der Waals surface area contributed by atoms with E-state index >= 15 is 0 Å². The molecule has 0 amide bonds. The highest BCUT2D eigenvalue weighted by Gasteiger charge is 2.15. The highest BCUT2D eigenvalue weighted by molar-refractivity contribution is 5.46. The molecule has 3 N–H and O–H groups in total. The van der Waals surface area contributed by atoms with Crippen LogP contribution in [0.15, 0.2) is 48.5 Å². The summed E-state index contributed by atoms with van der Waals surface area (Å²) < 4.78 is 13.2. The van der Waals surface area contributed by atoms with E-state index < -0.39 is 0 Å². The summed E-state index contributed by atoms with van der Waals surface area (Å²) in [6, 6.07) is 14.8. The lowest BCUT2D eigenvalue weighted by molar-refractivity contribution is 0.589. The lowest BCUT2D eigenvalue weighted by Gasteiger charge is -2.22. The van der Waals surface area contributed by atoms with Crippen LogP contribution in [0, 0.1) is 5.82 Å². The van der Waals surface area contributed by atoms with Crippen LogP contribution >= 0.6 is 0 Å². The van der Waals surface area contributed by atoms with Crippen molar-refractivity contribution in [1.82, 2.24) is 0 Å². The molecule has 1 atom stereocenters. The zero-order valence-electron chi connectivity index (χ0n) is 12.9. The Hall–Kier alpha value is -1.87. The fraction of sp³-hybridized carbons (Fsp3) is 0.333. The van der Waals surface area contributed by atoms with Gasteiger partial charge >= 0.3 is 0 Å². The second kappa shape index (κ2) is 6.27. The predicted octanol–water partition coefficient (Wildman–Crippen LogP) is 4.24. The van der Waals surface area contributed by atoms with Crippen molar-refractivity contribution in [2.45, 2.75) is 32.2 Å². The van der Waals surface area contributed by atoms with Crippen LogP contribution < -0.4 is 11.1 Å².